The summed E-state index contributed by atoms with van der Waals surface area (Å²) in [7, 11) is 0. The number of carboxylic acids is 1. The molecule has 1 aromatic rings. The Kier molecular flexibility index (Phi) is 3.05. The van der Waals surface area contributed by atoms with Gasteiger partial charge >= 0.3 is 5.97 Å². The molecular weight excluding hydrogens is 245 g/mol. The van der Waals surface area contributed by atoms with Crippen LogP contribution in [0.5, 0.6) is 0 Å². The highest BCUT2D eigenvalue weighted by Crippen LogP contribution is 2.42. The third kappa shape index (κ3) is 2.14. The summed E-state index contributed by atoms with van der Waals surface area (Å²) in [5.74, 6) is -1.15. The third-order valence-electron chi connectivity index (χ3n) is 4.66. The van der Waals surface area contributed by atoms with E-state index in [0.29, 0.717) is 12.6 Å². The number of hydrogen-bond acceptors (Lipinski definition) is 2. The number of benzene rings is 1. The number of fused-ring (bicyclic) bond motifs is 2. The van der Waals surface area contributed by atoms with Gasteiger partial charge in [0.05, 0.1) is 5.92 Å². The normalized spacial score (nSPS) is 29.9. The molecular formula is C15H18FNO2. The third-order valence-corrected chi connectivity index (χ3v) is 4.66. The van der Waals surface area contributed by atoms with Crippen molar-refractivity contribution < 1.29 is 14.3 Å². The number of carbonyl (C=O) groups is 1. The summed E-state index contributed by atoms with van der Waals surface area (Å²) in [5, 5.41) is 9.23. The second-order valence-electron chi connectivity index (χ2n) is 5.72. The van der Waals surface area contributed by atoms with E-state index in [1.165, 1.54) is 6.07 Å². The topological polar surface area (TPSA) is 40.5 Å². The van der Waals surface area contributed by atoms with Crippen molar-refractivity contribution in [3.8, 4) is 0 Å². The summed E-state index contributed by atoms with van der Waals surface area (Å²) in [6.07, 6.45) is 2.77. The number of rotatable bonds is 3. The lowest BCUT2D eigenvalue weighted by Gasteiger charge is -2.23. The maximum atomic E-state index is 13.3. The molecule has 3 unspecified atom stereocenters. The molecule has 3 rings (SSSR count). The molecule has 102 valence electrons. The summed E-state index contributed by atoms with van der Waals surface area (Å²) in [6, 6.07) is 5.32. The van der Waals surface area contributed by atoms with Gasteiger partial charge in [0.15, 0.2) is 0 Å². The van der Waals surface area contributed by atoms with Crippen LogP contribution >= 0.6 is 0 Å². The molecule has 3 atom stereocenters. The van der Waals surface area contributed by atoms with Crippen molar-refractivity contribution in [2.24, 2.45) is 5.92 Å². The van der Waals surface area contributed by atoms with Gasteiger partial charge in [-0.3, -0.25) is 9.69 Å². The SMILES string of the molecule is Cc1ccc(F)cc1CN1C2CCC1C(C(=O)O)C2. The second kappa shape index (κ2) is 4.60. The van der Waals surface area contributed by atoms with Gasteiger partial charge < -0.3 is 5.11 Å². The van der Waals surface area contributed by atoms with Crippen LogP contribution in [0.4, 0.5) is 4.39 Å². The van der Waals surface area contributed by atoms with E-state index in [4.69, 9.17) is 0 Å². The van der Waals surface area contributed by atoms with Gasteiger partial charge in [-0.25, -0.2) is 4.39 Å². The van der Waals surface area contributed by atoms with Gasteiger partial charge in [0.1, 0.15) is 5.82 Å². The Morgan fingerprint density at radius 2 is 2.26 bits per heavy atom. The second-order valence-corrected chi connectivity index (χ2v) is 5.72. The molecule has 2 heterocycles. The first-order chi connectivity index (χ1) is 9.06. The number of aliphatic carboxylic acids is 1. The Bertz CT molecular complexity index is 517. The number of hydrogen-bond donors (Lipinski definition) is 1. The highest BCUT2D eigenvalue weighted by atomic mass is 19.1. The van der Waals surface area contributed by atoms with Crippen LogP contribution in [0.2, 0.25) is 0 Å². The highest BCUT2D eigenvalue weighted by molar-refractivity contribution is 5.71. The van der Waals surface area contributed by atoms with Crippen molar-refractivity contribution >= 4 is 5.97 Å². The molecule has 2 aliphatic heterocycles. The molecule has 0 aliphatic carbocycles. The predicted molar refractivity (Wildman–Crippen MR) is 69.2 cm³/mol. The summed E-state index contributed by atoms with van der Waals surface area (Å²) in [6.45, 7) is 2.64. The minimum atomic E-state index is -0.687. The van der Waals surface area contributed by atoms with E-state index < -0.39 is 5.97 Å². The first-order valence-electron chi connectivity index (χ1n) is 6.80. The van der Waals surface area contributed by atoms with E-state index in [1.54, 1.807) is 12.1 Å². The van der Waals surface area contributed by atoms with E-state index in [9.17, 15) is 14.3 Å². The van der Waals surface area contributed by atoms with Crippen molar-refractivity contribution in [3.63, 3.8) is 0 Å². The number of carboxylic acid groups (broad SMARTS) is 1. The van der Waals surface area contributed by atoms with Crippen LogP contribution in [0, 0.1) is 18.7 Å². The fourth-order valence-corrected chi connectivity index (χ4v) is 3.62. The van der Waals surface area contributed by atoms with Crippen molar-refractivity contribution in [2.75, 3.05) is 0 Å². The van der Waals surface area contributed by atoms with E-state index in [0.717, 1.165) is 30.4 Å². The van der Waals surface area contributed by atoms with E-state index in [-0.39, 0.29) is 17.8 Å². The fraction of sp³-hybridized carbons (Fsp3) is 0.533. The zero-order valence-electron chi connectivity index (χ0n) is 11.0. The van der Waals surface area contributed by atoms with Crippen molar-refractivity contribution in [1.29, 1.82) is 0 Å². The van der Waals surface area contributed by atoms with Crippen molar-refractivity contribution in [2.45, 2.75) is 44.8 Å². The van der Waals surface area contributed by atoms with Gasteiger partial charge in [-0.05, 0) is 49.4 Å². The Morgan fingerprint density at radius 3 is 2.95 bits per heavy atom. The molecule has 1 aromatic carbocycles. The van der Waals surface area contributed by atoms with Crippen LogP contribution in [0.15, 0.2) is 18.2 Å². The van der Waals surface area contributed by atoms with E-state index >= 15 is 0 Å². The molecule has 1 N–H and O–H groups in total. The van der Waals surface area contributed by atoms with Crippen molar-refractivity contribution in [1.82, 2.24) is 4.90 Å². The summed E-state index contributed by atoms with van der Waals surface area (Å²) in [5.41, 5.74) is 2.04. The lowest BCUT2D eigenvalue weighted by atomic mass is 9.89. The average molecular weight is 263 g/mol. The van der Waals surface area contributed by atoms with Crippen LogP contribution in [-0.4, -0.2) is 28.1 Å². The minimum Gasteiger partial charge on any atom is -0.481 e. The van der Waals surface area contributed by atoms with E-state index in [1.807, 2.05) is 6.92 Å². The van der Waals surface area contributed by atoms with Gasteiger partial charge in [-0.1, -0.05) is 6.07 Å². The number of aryl methyl sites for hydroxylation is 1. The zero-order valence-corrected chi connectivity index (χ0v) is 11.0. The molecule has 2 fully saturated rings. The van der Waals surface area contributed by atoms with Gasteiger partial charge in [-0.15, -0.1) is 0 Å². The Balaban J connectivity index is 1.81. The smallest absolute Gasteiger partial charge is 0.308 e. The first-order valence-corrected chi connectivity index (χ1v) is 6.80. The maximum absolute atomic E-state index is 13.3. The minimum absolute atomic E-state index is 0.130. The fourth-order valence-electron chi connectivity index (χ4n) is 3.62. The Labute approximate surface area is 112 Å². The molecule has 2 aliphatic rings. The zero-order chi connectivity index (χ0) is 13.6. The van der Waals surface area contributed by atoms with Crippen LogP contribution in [0.25, 0.3) is 0 Å². The summed E-state index contributed by atoms with van der Waals surface area (Å²) < 4.78 is 13.3. The van der Waals surface area contributed by atoms with Gasteiger partial charge in [-0.2, -0.15) is 0 Å². The van der Waals surface area contributed by atoms with Crippen LogP contribution in [0.1, 0.15) is 30.4 Å². The predicted octanol–water partition coefficient (Wildman–Crippen LogP) is 2.57. The Morgan fingerprint density at radius 1 is 1.47 bits per heavy atom. The maximum Gasteiger partial charge on any atom is 0.308 e. The van der Waals surface area contributed by atoms with Gasteiger partial charge in [0.25, 0.3) is 0 Å². The first kappa shape index (κ1) is 12.6. The monoisotopic (exact) mass is 263 g/mol. The summed E-state index contributed by atoms with van der Waals surface area (Å²) >= 11 is 0. The lowest BCUT2D eigenvalue weighted by molar-refractivity contribution is -0.142. The molecule has 0 spiro atoms. The number of nitrogens with zero attached hydrogens (tertiary/aromatic N) is 1. The molecule has 3 nitrogen and oxygen atoms in total. The standard InChI is InChI=1S/C15H18FNO2/c1-9-2-3-11(16)6-10(9)8-17-12-4-5-14(17)13(7-12)15(18)19/h2-3,6,12-14H,4-5,7-8H2,1H3,(H,18,19). The van der Waals surface area contributed by atoms with E-state index in [2.05, 4.69) is 4.90 Å². The summed E-state index contributed by atoms with van der Waals surface area (Å²) in [4.78, 5) is 13.5. The molecule has 0 amide bonds. The molecule has 19 heavy (non-hydrogen) atoms. The quantitative estimate of drug-likeness (QED) is 0.911. The van der Waals surface area contributed by atoms with Crippen LogP contribution < -0.4 is 0 Å². The average Bonchev–Trinajstić information content (AvgIpc) is 2.91. The number of halogens is 1. The highest BCUT2D eigenvalue weighted by Gasteiger charge is 2.48. The largest absolute Gasteiger partial charge is 0.481 e. The van der Waals surface area contributed by atoms with Crippen molar-refractivity contribution in [3.05, 3.63) is 35.1 Å². The molecule has 2 saturated heterocycles. The van der Waals surface area contributed by atoms with Crippen LogP contribution in [-0.2, 0) is 11.3 Å². The molecule has 2 bridgehead atoms. The Hall–Kier alpha value is -1.42. The molecule has 0 saturated carbocycles. The van der Waals surface area contributed by atoms with Gasteiger partial charge in [0, 0.05) is 18.6 Å². The lowest BCUT2D eigenvalue weighted by Crippen LogP contribution is -2.32. The molecule has 0 radical (unpaired) electrons. The van der Waals surface area contributed by atoms with Crippen LogP contribution in [0.3, 0.4) is 0 Å². The molecule has 4 heteroatoms. The molecule has 0 aromatic heterocycles. The van der Waals surface area contributed by atoms with Gasteiger partial charge in [0.2, 0.25) is 0 Å².